The molecule has 3 N–H and O–H groups in total. The third-order valence-corrected chi connectivity index (χ3v) is 5.97. The fourth-order valence-corrected chi connectivity index (χ4v) is 4.13. The molecule has 5 rings (SSSR count). The number of hydrogen-bond acceptors (Lipinski definition) is 3. The highest BCUT2D eigenvalue weighted by atomic mass is 16.1. The monoisotopic (exact) mass is 374 g/mol. The molecule has 5 heteroatoms. The van der Waals surface area contributed by atoms with Gasteiger partial charge in [-0.3, -0.25) is 4.79 Å². The van der Waals surface area contributed by atoms with Gasteiger partial charge in [-0.15, -0.1) is 0 Å². The molecule has 1 amide bonds. The van der Waals surface area contributed by atoms with Crippen molar-refractivity contribution in [3.05, 3.63) is 58.9 Å². The van der Waals surface area contributed by atoms with Crippen LogP contribution in [0.1, 0.15) is 46.4 Å². The normalized spacial score (nSPS) is 18.7. The van der Waals surface area contributed by atoms with Gasteiger partial charge < -0.3 is 15.6 Å². The zero-order chi connectivity index (χ0) is 19.1. The van der Waals surface area contributed by atoms with Crippen LogP contribution in [0, 0.1) is 12.8 Å². The van der Waals surface area contributed by atoms with Gasteiger partial charge in [0.25, 0.3) is 5.91 Å². The molecular weight excluding hydrogens is 348 g/mol. The van der Waals surface area contributed by atoms with E-state index >= 15 is 0 Å². The molecule has 0 spiro atoms. The molecule has 2 aliphatic rings. The Hall–Kier alpha value is -2.82. The van der Waals surface area contributed by atoms with E-state index in [2.05, 4.69) is 45.7 Å². The van der Waals surface area contributed by atoms with E-state index in [0.29, 0.717) is 5.56 Å². The molecule has 2 aliphatic carbocycles. The molecular formula is C23H26N4O. The molecule has 0 bridgehead atoms. The molecule has 28 heavy (non-hydrogen) atoms. The number of aromatic amines is 1. The Morgan fingerprint density at radius 1 is 1.21 bits per heavy atom. The second kappa shape index (κ2) is 6.97. The van der Waals surface area contributed by atoms with Crippen molar-refractivity contribution in [2.75, 3.05) is 11.9 Å². The summed E-state index contributed by atoms with van der Waals surface area (Å²) in [5.74, 6) is 1.61. The Bertz CT molecular complexity index is 1020. The molecule has 1 unspecified atom stereocenters. The molecule has 1 saturated carbocycles. The zero-order valence-corrected chi connectivity index (χ0v) is 16.2. The Morgan fingerprint density at radius 3 is 2.89 bits per heavy atom. The van der Waals surface area contributed by atoms with Crippen LogP contribution in [0.4, 0.5) is 5.82 Å². The van der Waals surface area contributed by atoms with Crippen LogP contribution in [0.5, 0.6) is 0 Å². The SMILES string of the molecule is Cc1ccc2[nH]c3c(c2c1)CC(NC(=O)c1ccc(NCC2CC2)nc1)CC3. The van der Waals surface area contributed by atoms with Crippen molar-refractivity contribution in [3.8, 4) is 0 Å². The van der Waals surface area contributed by atoms with Crippen LogP contribution in [0.15, 0.2) is 36.5 Å². The summed E-state index contributed by atoms with van der Waals surface area (Å²) in [6.07, 6.45) is 7.10. The van der Waals surface area contributed by atoms with Gasteiger partial charge in [0.15, 0.2) is 0 Å². The first-order chi connectivity index (χ1) is 13.7. The standard InChI is InChI=1S/C23H26N4O/c1-14-2-7-20-18(10-14)19-11-17(6-8-21(19)27-20)26-23(28)16-5-9-22(25-13-16)24-12-15-3-4-15/h2,5,7,9-10,13,15,17,27H,3-4,6,8,11-12H2,1H3,(H,24,25)(H,26,28). The second-order valence-corrected chi connectivity index (χ2v) is 8.30. The van der Waals surface area contributed by atoms with Crippen molar-refractivity contribution in [1.29, 1.82) is 0 Å². The minimum atomic E-state index is -0.0364. The maximum Gasteiger partial charge on any atom is 0.253 e. The number of H-pyrrole nitrogens is 1. The fraction of sp³-hybridized carbons (Fsp3) is 0.391. The smallest absolute Gasteiger partial charge is 0.253 e. The van der Waals surface area contributed by atoms with Gasteiger partial charge in [0.05, 0.1) is 5.56 Å². The van der Waals surface area contributed by atoms with Crippen LogP contribution in [-0.2, 0) is 12.8 Å². The summed E-state index contributed by atoms with van der Waals surface area (Å²) in [4.78, 5) is 20.6. The van der Waals surface area contributed by atoms with Gasteiger partial charge in [-0.25, -0.2) is 4.98 Å². The lowest BCUT2D eigenvalue weighted by atomic mass is 9.91. The lowest BCUT2D eigenvalue weighted by Gasteiger charge is -2.23. The number of rotatable bonds is 5. The van der Waals surface area contributed by atoms with Crippen molar-refractivity contribution in [2.24, 2.45) is 5.92 Å². The number of pyridine rings is 1. The first kappa shape index (κ1) is 17.3. The number of fused-ring (bicyclic) bond motifs is 3. The van der Waals surface area contributed by atoms with Gasteiger partial charge >= 0.3 is 0 Å². The fourth-order valence-electron chi connectivity index (χ4n) is 4.13. The number of anilines is 1. The molecule has 0 saturated heterocycles. The second-order valence-electron chi connectivity index (χ2n) is 8.30. The highest BCUT2D eigenvalue weighted by Crippen LogP contribution is 2.30. The van der Waals surface area contributed by atoms with Crippen molar-refractivity contribution in [3.63, 3.8) is 0 Å². The predicted octanol–water partition coefficient (Wildman–Crippen LogP) is 3.98. The van der Waals surface area contributed by atoms with Crippen LogP contribution in [0.25, 0.3) is 10.9 Å². The number of amides is 1. The quantitative estimate of drug-likeness (QED) is 0.633. The molecule has 1 fully saturated rings. The Morgan fingerprint density at radius 2 is 2.11 bits per heavy atom. The highest BCUT2D eigenvalue weighted by Gasteiger charge is 2.24. The average Bonchev–Trinajstić information content (AvgIpc) is 3.47. The van der Waals surface area contributed by atoms with Gasteiger partial charge in [0.2, 0.25) is 0 Å². The lowest BCUT2D eigenvalue weighted by Crippen LogP contribution is -2.38. The van der Waals surface area contributed by atoms with Crippen molar-refractivity contribution in [2.45, 2.75) is 45.1 Å². The van der Waals surface area contributed by atoms with Crippen molar-refractivity contribution >= 4 is 22.6 Å². The number of aromatic nitrogens is 2. The largest absolute Gasteiger partial charge is 0.370 e. The minimum Gasteiger partial charge on any atom is -0.370 e. The molecule has 144 valence electrons. The maximum atomic E-state index is 12.7. The average molecular weight is 374 g/mol. The summed E-state index contributed by atoms with van der Waals surface area (Å²) < 4.78 is 0. The predicted molar refractivity (Wildman–Crippen MR) is 112 cm³/mol. The van der Waals surface area contributed by atoms with Crippen LogP contribution in [-0.4, -0.2) is 28.5 Å². The molecule has 1 aromatic carbocycles. The summed E-state index contributed by atoms with van der Waals surface area (Å²) >= 11 is 0. The number of nitrogens with one attached hydrogen (secondary N) is 3. The maximum absolute atomic E-state index is 12.7. The van der Waals surface area contributed by atoms with Gasteiger partial charge in [0, 0.05) is 35.4 Å². The van der Waals surface area contributed by atoms with Crippen LogP contribution in [0.2, 0.25) is 0 Å². The zero-order valence-electron chi connectivity index (χ0n) is 16.2. The van der Waals surface area contributed by atoms with E-state index in [0.717, 1.165) is 37.5 Å². The molecule has 0 aliphatic heterocycles. The molecule has 2 aromatic heterocycles. The van der Waals surface area contributed by atoms with Crippen molar-refractivity contribution in [1.82, 2.24) is 15.3 Å². The first-order valence-electron chi connectivity index (χ1n) is 10.3. The third kappa shape index (κ3) is 3.49. The Kier molecular flexibility index (Phi) is 4.30. The highest BCUT2D eigenvalue weighted by molar-refractivity contribution is 5.94. The molecule has 5 nitrogen and oxygen atoms in total. The molecule has 0 radical (unpaired) electrons. The number of nitrogens with zero attached hydrogens (tertiary/aromatic N) is 1. The van der Waals surface area contributed by atoms with E-state index in [-0.39, 0.29) is 11.9 Å². The summed E-state index contributed by atoms with van der Waals surface area (Å²) in [6.45, 7) is 3.10. The lowest BCUT2D eigenvalue weighted by molar-refractivity contribution is 0.0933. The van der Waals surface area contributed by atoms with E-state index in [9.17, 15) is 4.79 Å². The molecule has 1 atom stereocenters. The summed E-state index contributed by atoms with van der Waals surface area (Å²) in [6, 6.07) is 10.5. The molecule has 3 aromatic rings. The number of benzene rings is 1. The van der Waals surface area contributed by atoms with Crippen LogP contribution >= 0.6 is 0 Å². The third-order valence-electron chi connectivity index (χ3n) is 5.97. The topological polar surface area (TPSA) is 69.8 Å². The van der Waals surface area contributed by atoms with Gasteiger partial charge in [-0.1, -0.05) is 11.6 Å². The summed E-state index contributed by atoms with van der Waals surface area (Å²) in [5, 5.41) is 7.84. The summed E-state index contributed by atoms with van der Waals surface area (Å²) in [5.41, 5.74) is 5.76. The number of hydrogen-bond donors (Lipinski definition) is 3. The van der Waals surface area contributed by atoms with E-state index in [4.69, 9.17) is 0 Å². The van der Waals surface area contributed by atoms with E-state index in [1.807, 2.05) is 12.1 Å². The number of carbonyl (C=O) groups excluding carboxylic acids is 1. The first-order valence-corrected chi connectivity index (χ1v) is 10.3. The molecule has 2 heterocycles. The van der Waals surface area contributed by atoms with Gasteiger partial charge in [-0.05, 0) is 74.8 Å². The van der Waals surface area contributed by atoms with Gasteiger partial charge in [0.1, 0.15) is 5.82 Å². The summed E-state index contributed by atoms with van der Waals surface area (Å²) in [7, 11) is 0. The van der Waals surface area contributed by atoms with E-state index in [1.165, 1.54) is 40.6 Å². The Balaban J connectivity index is 1.25. The number of carbonyl (C=O) groups is 1. The van der Waals surface area contributed by atoms with Crippen LogP contribution < -0.4 is 10.6 Å². The number of aryl methyl sites for hydroxylation is 2. The van der Waals surface area contributed by atoms with E-state index < -0.39 is 0 Å². The van der Waals surface area contributed by atoms with E-state index in [1.54, 1.807) is 6.20 Å². The van der Waals surface area contributed by atoms with Crippen molar-refractivity contribution < 1.29 is 4.79 Å². The minimum absolute atomic E-state index is 0.0364. The van der Waals surface area contributed by atoms with Crippen LogP contribution in [0.3, 0.4) is 0 Å². The van der Waals surface area contributed by atoms with Gasteiger partial charge in [-0.2, -0.15) is 0 Å². The Labute approximate surface area is 164 Å².